The predicted octanol–water partition coefficient (Wildman–Crippen LogP) is 14.0. The fourth-order valence-corrected chi connectivity index (χ4v) is 8.70. The van der Waals surface area contributed by atoms with E-state index in [1.54, 1.807) is 0 Å². The van der Waals surface area contributed by atoms with Gasteiger partial charge in [0.1, 0.15) is 0 Å². The van der Waals surface area contributed by atoms with E-state index in [2.05, 4.69) is 204 Å². The highest BCUT2D eigenvalue weighted by Gasteiger charge is 2.19. The van der Waals surface area contributed by atoms with E-state index in [0.717, 1.165) is 17.1 Å². The van der Waals surface area contributed by atoms with E-state index < -0.39 is 0 Å². The lowest BCUT2D eigenvalue weighted by Crippen LogP contribution is -2.09. The van der Waals surface area contributed by atoms with Crippen molar-refractivity contribution in [3.05, 3.63) is 194 Å². The Labute approximate surface area is 300 Å². The molecule has 2 aromatic heterocycles. The summed E-state index contributed by atoms with van der Waals surface area (Å²) in [5.74, 6) is 0. The SMILES string of the molecule is c1ccc(-c2ccc3c(c2)c2ccc4sc5ccc(-c6ccc(N(c7ccccc7)c7ccccc7)cc6)cc5c4c2n3-c2ccccc2)cc1. The van der Waals surface area contributed by atoms with Crippen LogP contribution in [0.3, 0.4) is 0 Å². The standard InChI is InChI=1S/C48H32N2S/c1-5-13-33(14-6-1)35-23-28-44-42(31-35)41-27-30-46-47(48(41)50(44)39-19-11-4-12-20-39)43-32-36(24-29-45(43)51-46)34-21-25-40(26-22-34)49(37-15-7-2-8-16-37)38-17-9-3-10-18-38/h1-32H. The number of rotatable bonds is 6. The molecule has 240 valence electrons. The third-order valence-corrected chi connectivity index (χ3v) is 11.1. The minimum atomic E-state index is 1.13. The summed E-state index contributed by atoms with van der Waals surface area (Å²) in [5.41, 5.74) is 11.9. The average Bonchev–Trinajstić information content (AvgIpc) is 3.75. The van der Waals surface area contributed by atoms with Crippen LogP contribution in [0.15, 0.2) is 194 Å². The molecule has 8 aromatic carbocycles. The zero-order valence-corrected chi connectivity index (χ0v) is 28.6. The second kappa shape index (κ2) is 12.2. The summed E-state index contributed by atoms with van der Waals surface area (Å²) in [6.45, 7) is 0. The van der Waals surface area contributed by atoms with Gasteiger partial charge in [0, 0.05) is 53.7 Å². The lowest BCUT2D eigenvalue weighted by Gasteiger charge is -2.25. The van der Waals surface area contributed by atoms with Gasteiger partial charge in [-0.25, -0.2) is 0 Å². The zero-order valence-electron chi connectivity index (χ0n) is 27.8. The molecule has 0 aliphatic rings. The molecule has 0 aliphatic carbocycles. The molecule has 0 amide bonds. The Balaban J connectivity index is 1.15. The number of anilines is 3. The first-order valence-corrected chi connectivity index (χ1v) is 18.2. The Bertz CT molecular complexity index is 2780. The Hall–Kier alpha value is -6.42. The highest BCUT2D eigenvalue weighted by molar-refractivity contribution is 7.26. The first kappa shape index (κ1) is 29.5. The minimum Gasteiger partial charge on any atom is -0.311 e. The largest absolute Gasteiger partial charge is 0.311 e. The molecule has 3 heteroatoms. The fourth-order valence-electron chi connectivity index (χ4n) is 7.61. The lowest BCUT2D eigenvalue weighted by atomic mass is 10.0. The third-order valence-electron chi connectivity index (χ3n) is 9.97. The summed E-state index contributed by atoms with van der Waals surface area (Å²) in [4.78, 5) is 2.31. The highest BCUT2D eigenvalue weighted by Crippen LogP contribution is 2.45. The first-order valence-electron chi connectivity index (χ1n) is 17.4. The van der Waals surface area contributed by atoms with Crippen molar-refractivity contribution in [3.8, 4) is 27.9 Å². The van der Waals surface area contributed by atoms with Crippen LogP contribution in [0.5, 0.6) is 0 Å². The molecule has 0 radical (unpaired) electrons. The van der Waals surface area contributed by atoms with Crippen molar-refractivity contribution in [3.63, 3.8) is 0 Å². The van der Waals surface area contributed by atoms with Crippen molar-refractivity contribution in [1.29, 1.82) is 0 Å². The van der Waals surface area contributed by atoms with Gasteiger partial charge in [-0.2, -0.15) is 0 Å². The Morgan fingerprint density at radius 2 is 0.882 bits per heavy atom. The number of hydrogen-bond acceptors (Lipinski definition) is 2. The number of aromatic nitrogens is 1. The van der Waals surface area contributed by atoms with Crippen LogP contribution in [0, 0.1) is 0 Å². The van der Waals surface area contributed by atoms with Gasteiger partial charge in [-0.05, 0) is 101 Å². The normalized spacial score (nSPS) is 11.5. The van der Waals surface area contributed by atoms with Crippen molar-refractivity contribution >= 4 is 70.4 Å². The fraction of sp³-hybridized carbons (Fsp3) is 0. The molecule has 0 fully saturated rings. The van der Waals surface area contributed by atoms with E-state index in [9.17, 15) is 0 Å². The molecule has 10 aromatic rings. The van der Waals surface area contributed by atoms with Gasteiger partial charge >= 0.3 is 0 Å². The molecule has 0 saturated carbocycles. The molecule has 0 N–H and O–H groups in total. The maximum atomic E-state index is 2.47. The summed E-state index contributed by atoms with van der Waals surface area (Å²) in [6, 6.07) is 70.2. The first-order chi connectivity index (χ1) is 25.3. The van der Waals surface area contributed by atoms with Crippen LogP contribution in [-0.2, 0) is 0 Å². The van der Waals surface area contributed by atoms with Gasteiger partial charge < -0.3 is 9.47 Å². The van der Waals surface area contributed by atoms with Crippen LogP contribution in [-0.4, -0.2) is 4.57 Å². The molecule has 2 nitrogen and oxygen atoms in total. The van der Waals surface area contributed by atoms with Gasteiger partial charge in [-0.1, -0.05) is 115 Å². The average molecular weight is 669 g/mol. The van der Waals surface area contributed by atoms with E-state index >= 15 is 0 Å². The van der Waals surface area contributed by atoms with Crippen molar-refractivity contribution in [2.45, 2.75) is 0 Å². The minimum absolute atomic E-state index is 1.13. The summed E-state index contributed by atoms with van der Waals surface area (Å²) >= 11 is 1.88. The van der Waals surface area contributed by atoms with Gasteiger partial charge in [-0.3, -0.25) is 0 Å². The van der Waals surface area contributed by atoms with Crippen LogP contribution in [0.2, 0.25) is 0 Å². The monoisotopic (exact) mass is 668 g/mol. The number of benzene rings is 8. The summed E-state index contributed by atoms with van der Waals surface area (Å²) < 4.78 is 5.07. The molecule has 0 aliphatic heterocycles. The molecule has 0 spiro atoms. The van der Waals surface area contributed by atoms with Crippen LogP contribution in [0.1, 0.15) is 0 Å². The summed E-state index contributed by atoms with van der Waals surface area (Å²) in [5, 5.41) is 5.15. The van der Waals surface area contributed by atoms with Crippen molar-refractivity contribution in [1.82, 2.24) is 4.57 Å². The topological polar surface area (TPSA) is 8.17 Å². The molecule has 0 atom stereocenters. The van der Waals surface area contributed by atoms with E-state index in [-0.39, 0.29) is 0 Å². The van der Waals surface area contributed by atoms with Crippen LogP contribution in [0.25, 0.3) is 69.9 Å². The quantitative estimate of drug-likeness (QED) is 0.171. The number of hydrogen-bond donors (Lipinski definition) is 0. The van der Waals surface area contributed by atoms with E-state index in [0.29, 0.717) is 0 Å². The zero-order chi connectivity index (χ0) is 33.7. The maximum absolute atomic E-state index is 2.47. The number of thiophene rings is 1. The lowest BCUT2D eigenvalue weighted by molar-refractivity contribution is 1.19. The summed E-state index contributed by atoms with van der Waals surface area (Å²) in [6.07, 6.45) is 0. The van der Waals surface area contributed by atoms with Crippen LogP contribution < -0.4 is 4.90 Å². The molecule has 51 heavy (non-hydrogen) atoms. The Kier molecular flexibility index (Phi) is 7.04. The number of para-hydroxylation sites is 3. The van der Waals surface area contributed by atoms with Crippen molar-refractivity contribution in [2.24, 2.45) is 0 Å². The van der Waals surface area contributed by atoms with Gasteiger partial charge in [0.2, 0.25) is 0 Å². The maximum Gasteiger partial charge on any atom is 0.0634 e. The second-order valence-corrected chi connectivity index (χ2v) is 14.1. The van der Waals surface area contributed by atoms with Crippen molar-refractivity contribution in [2.75, 3.05) is 4.90 Å². The van der Waals surface area contributed by atoms with Gasteiger partial charge in [0.05, 0.1) is 11.0 Å². The predicted molar refractivity (Wildman–Crippen MR) is 219 cm³/mol. The van der Waals surface area contributed by atoms with Gasteiger partial charge in [0.25, 0.3) is 0 Å². The smallest absolute Gasteiger partial charge is 0.0634 e. The molecule has 0 unspecified atom stereocenters. The molecular weight excluding hydrogens is 637 g/mol. The molecule has 2 heterocycles. The van der Waals surface area contributed by atoms with E-state index in [1.165, 1.54) is 69.9 Å². The molecule has 0 saturated heterocycles. The van der Waals surface area contributed by atoms with Gasteiger partial charge in [-0.15, -0.1) is 11.3 Å². The van der Waals surface area contributed by atoms with Crippen LogP contribution >= 0.6 is 11.3 Å². The number of fused-ring (bicyclic) bond motifs is 7. The van der Waals surface area contributed by atoms with E-state index in [4.69, 9.17) is 0 Å². The molecular formula is C48H32N2S. The Morgan fingerprint density at radius 1 is 0.373 bits per heavy atom. The van der Waals surface area contributed by atoms with E-state index in [1.807, 2.05) is 11.3 Å². The highest BCUT2D eigenvalue weighted by atomic mass is 32.1. The van der Waals surface area contributed by atoms with Crippen LogP contribution in [0.4, 0.5) is 17.1 Å². The molecule has 10 rings (SSSR count). The summed E-state index contributed by atoms with van der Waals surface area (Å²) in [7, 11) is 0. The van der Waals surface area contributed by atoms with Gasteiger partial charge in [0.15, 0.2) is 0 Å². The third kappa shape index (κ3) is 5.01. The second-order valence-electron chi connectivity index (χ2n) is 13.0. The van der Waals surface area contributed by atoms with Crippen molar-refractivity contribution < 1.29 is 0 Å². The Morgan fingerprint density at radius 3 is 1.55 bits per heavy atom. The molecule has 0 bridgehead atoms. The number of nitrogens with zero attached hydrogens (tertiary/aromatic N) is 2.